The highest BCUT2D eigenvalue weighted by molar-refractivity contribution is 7.10. The monoisotopic (exact) mass is 472 g/mol. The molecule has 2 saturated heterocycles. The summed E-state index contributed by atoms with van der Waals surface area (Å²) in [7, 11) is 1.67. The molecule has 178 valence electrons. The maximum Gasteiger partial charge on any atom is 0.312 e. The molecule has 2 amide bonds. The van der Waals surface area contributed by atoms with E-state index in [1.54, 1.807) is 23.3 Å². The van der Waals surface area contributed by atoms with Gasteiger partial charge in [-0.2, -0.15) is 0 Å². The quantitative estimate of drug-likeness (QED) is 0.649. The Kier molecular flexibility index (Phi) is 7.85. The summed E-state index contributed by atoms with van der Waals surface area (Å²) in [6.07, 6.45) is 0. The highest BCUT2D eigenvalue weighted by atomic mass is 32.1. The summed E-state index contributed by atoms with van der Waals surface area (Å²) in [6.45, 7) is 7.38. The standard InChI is InChI=1S/C24H32N4O4S/c1-18(25-23(29)24(30)28-13-15-32-16-14-28)22(21-4-3-17-33-21)27-11-9-26(10-12-27)19-5-7-20(31-2)8-6-19/h3-8,17-18,22H,9-16H2,1-2H3,(H,25,29)/t18-,22+/m0/s1. The van der Waals surface area contributed by atoms with Crippen LogP contribution in [0.25, 0.3) is 0 Å². The van der Waals surface area contributed by atoms with Gasteiger partial charge in [-0.25, -0.2) is 0 Å². The first-order valence-corrected chi connectivity index (χ1v) is 12.3. The summed E-state index contributed by atoms with van der Waals surface area (Å²) < 4.78 is 10.6. The summed E-state index contributed by atoms with van der Waals surface area (Å²) in [5.74, 6) is -0.159. The molecule has 1 aromatic heterocycles. The summed E-state index contributed by atoms with van der Waals surface area (Å²) in [5, 5.41) is 5.04. The second-order valence-corrected chi connectivity index (χ2v) is 9.33. The van der Waals surface area contributed by atoms with Crippen molar-refractivity contribution < 1.29 is 19.1 Å². The van der Waals surface area contributed by atoms with Gasteiger partial charge in [0, 0.05) is 55.9 Å². The molecule has 9 heteroatoms. The number of rotatable bonds is 6. The van der Waals surface area contributed by atoms with Crippen LogP contribution in [0.2, 0.25) is 0 Å². The van der Waals surface area contributed by atoms with Crippen LogP contribution in [-0.4, -0.2) is 87.2 Å². The van der Waals surface area contributed by atoms with Crippen molar-refractivity contribution in [2.75, 3.05) is 64.5 Å². The molecule has 0 bridgehead atoms. The Morgan fingerprint density at radius 2 is 1.73 bits per heavy atom. The van der Waals surface area contributed by atoms with E-state index in [4.69, 9.17) is 9.47 Å². The molecule has 4 rings (SSSR count). The number of hydrogen-bond donors (Lipinski definition) is 1. The molecule has 2 atom stereocenters. The van der Waals surface area contributed by atoms with Gasteiger partial charge in [0.2, 0.25) is 0 Å². The third kappa shape index (κ3) is 5.66. The fourth-order valence-electron chi connectivity index (χ4n) is 4.51. The topological polar surface area (TPSA) is 74.4 Å². The van der Waals surface area contributed by atoms with E-state index in [0.29, 0.717) is 26.3 Å². The summed E-state index contributed by atoms with van der Waals surface area (Å²) in [6, 6.07) is 12.1. The van der Waals surface area contributed by atoms with Crippen LogP contribution in [-0.2, 0) is 14.3 Å². The number of carbonyl (C=O) groups excluding carboxylic acids is 2. The minimum atomic E-state index is -0.539. The molecule has 2 fully saturated rings. The van der Waals surface area contributed by atoms with E-state index >= 15 is 0 Å². The molecule has 0 saturated carbocycles. The number of benzene rings is 1. The summed E-state index contributed by atoms with van der Waals surface area (Å²) >= 11 is 1.69. The molecule has 2 aliphatic heterocycles. The van der Waals surface area contributed by atoms with E-state index in [9.17, 15) is 9.59 Å². The first kappa shape index (κ1) is 23.5. The Morgan fingerprint density at radius 1 is 1.03 bits per heavy atom. The highest BCUT2D eigenvalue weighted by Crippen LogP contribution is 2.30. The van der Waals surface area contributed by atoms with E-state index in [1.807, 2.05) is 25.1 Å². The second kappa shape index (κ2) is 11.0. The minimum absolute atomic E-state index is 0.0180. The Balaban J connectivity index is 1.40. The van der Waals surface area contributed by atoms with Crippen molar-refractivity contribution in [3.05, 3.63) is 46.7 Å². The van der Waals surface area contributed by atoms with Crippen LogP contribution in [0, 0.1) is 0 Å². The van der Waals surface area contributed by atoms with Crippen LogP contribution in [0.4, 0.5) is 5.69 Å². The van der Waals surface area contributed by atoms with Gasteiger partial charge in [-0.15, -0.1) is 11.3 Å². The zero-order chi connectivity index (χ0) is 23.2. The molecule has 1 aromatic carbocycles. The highest BCUT2D eigenvalue weighted by Gasteiger charge is 2.33. The van der Waals surface area contributed by atoms with Crippen LogP contribution < -0.4 is 15.0 Å². The van der Waals surface area contributed by atoms with Gasteiger partial charge in [0.05, 0.1) is 26.4 Å². The largest absolute Gasteiger partial charge is 0.497 e. The van der Waals surface area contributed by atoms with E-state index in [1.165, 1.54) is 10.6 Å². The van der Waals surface area contributed by atoms with Gasteiger partial charge in [-0.1, -0.05) is 6.07 Å². The molecule has 0 aliphatic carbocycles. The Bertz CT molecular complexity index is 907. The molecule has 2 aliphatic rings. The summed E-state index contributed by atoms with van der Waals surface area (Å²) in [4.78, 5) is 32.9. The van der Waals surface area contributed by atoms with E-state index in [0.717, 1.165) is 31.9 Å². The average molecular weight is 473 g/mol. The molecular formula is C24H32N4O4S. The molecule has 1 N–H and O–H groups in total. The fraction of sp³-hybridized carbons (Fsp3) is 0.500. The molecule has 0 radical (unpaired) electrons. The number of ether oxygens (including phenoxy) is 2. The van der Waals surface area contributed by atoms with Crippen LogP contribution in [0.15, 0.2) is 41.8 Å². The maximum absolute atomic E-state index is 12.7. The van der Waals surface area contributed by atoms with Crippen LogP contribution in [0.5, 0.6) is 5.75 Å². The number of methoxy groups -OCH3 is 1. The lowest BCUT2D eigenvalue weighted by Crippen LogP contribution is -2.54. The molecular weight excluding hydrogens is 440 g/mol. The van der Waals surface area contributed by atoms with E-state index in [2.05, 4.69) is 38.7 Å². The van der Waals surface area contributed by atoms with Crippen molar-refractivity contribution in [3.63, 3.8) is 0 Å². The zero-order valence-corrected chi connectivity index (χ0v) is 20.1. The third-order valence-corrected chi connectivity index (χ3v) is 7.25. The van der Waals surface area contributed by atoms with Gasteiger partial charge >= 0.3 is 11.8 Å². The normalized spacial score (nSPS) is 19.1. The van der Waals surface area contributed by atoms with E-state index in [-0.39, 0.29) is 12.1 Å². The lowest BCUT2D eigenvalue weighted by Gasteiger charge is -2.42. The number of anilines is 1. The summed E-state index contributed by atoms with van der Waals surface area (Å²) in [5.41, 5.74) is 1.18. The van der Waals surface area contributed by atoms with Crippen molar-refractivity contribution in [1.29, 1.82) is 0 Å². The SMILES string of the molecule is COc1ccc(N2CCN([C@@H](c3cccs3)[C@H](C)NC(=O)C(=O)N3CCOCC3)CC2)cc1. The predicted molar refractivity (Wildman–Crippen MR) is 129 cm³/mol. The van der Waals surface area contributed by atoms with Gasteiger partial charge in [0.25, 0.3) is 0 Å². The first-order chi connectivity index (χ1) is 16.1. The van der Waals surface area contributed by atoms with Gasteiger partial charge < -0.3 is 24.6 Å². The Labute approximate surface area is 199 Å². The maximum atomic E-state index is 12.7. The molecule has 0 spiro atoms. The number of amides is 2. The van der Waals surface area contributed by atoms with Crippen molar-refractivity contribution in [2.45, 2.75) is 19.0 Å². The van der Waals surface area contributed by atoms with Crippen LogP contribution in [0.1, 0.15) is 17.8 Å². The minimum Gasteiger partial charge on any atom is -0.497 e. The number of carbonyl (C=O) groups is 2. The Morgan fingerprint density at radius 3 is 2.33 bits per heavy atom. The lowest BCUT2D eigenvalue weighted by atomic mass is 10.0. The molecule has 2 aromatic rings. The van der Waals surface area contributed by atoms with Crippen molar-refractivity contribution in [3.8, 4) is 5.75 Å². The average Bonchev–Trinajstić information content (AvgIpc) is 3.39. The predicted octanol–water partition coefficient (Wildman–Crippen LogP) is 1.98. The van der Waals surface area contributed by atoms with Crippen LogP contribution >= 0.6 is 11.3 Å². The van der Waals surface area contributed by atoms with Gasteiger partial charge in [-0.3, -0.25) is 14.5 Å². The van der Waals surface area contributed by atoms with E-state index < -0.39 is 11.8 Å². The second-order valence-electron chi connectivity index (χ2n) is 8.35. The Hall–Kier alpha value is -2.62. The molecule has 8 nitrogen and oxygen atoms in total. The smallest absolute Gasteiger partial charge is 0.312 e. The molecule has 33 heavy (non-hydrogen) atoms. The number of nitrogens with zero attached hydrogens (tertiary/aromatic N) is 3. The lowest BCUT2D eigenvalue weighted by molar-refractivity contribution is -0.149. The molecule has 3 heterocycles. The van der Waals surface area contributed by atoms with Crippen molar-refractivity contribution >= 4 is 28.8 Å². The van der Waals surface area contributed by atoms with Gasteiger partial charge in [0.1, 0.15) is 5.75 Å². The molecule has 0 unspecified atom stereocenters. The zero-order valence-electron chi connectivity index (χ0n) is 19.2. The first-order valence-electron chi connectivity index (χ1n) is 11.4. The number of morpholine rings is 1. The van der Waals surface area contributed by atoms with Crippen molar-refractivity contribution in [2.24, 2.45) is 0 Å². The number of hydrogen-bond acceptors (Lipinski definition) is 7. The van der Waals surface area contributed by atoms with Gasteiger partial charge in [-0.05, 0) is 42.6 Å². The number of thiophene rings is 1. The number of nitrogens with one attached hydrogen (secondary N) is 1. The van der Waals surface area contributed by atoms with Gasteiger partial charge in [0.15, 0.2) is 0 Å². The van der Waals surface area contributed by atoms with Crippen LogP contribution in [0.3, 0.4) is 0 Å². The number of piperazine rings is 1. The van der Waals surface area contributed by atoms with Crippen molar-refractivity contribution in [1.82, 2.24) is 15.1 Å². The fourth-order valence-corrected chi connectivity index (χ4v) is 5.47. The third-order valence-electron chi connectivity index (χ3n) is 6.30.